The molecule has 0 bridgehead atoms. The molecule has 0 fully saturated rings. The van der Waals surface area contributed by atoms with Crippen molar-refractivity contribution in [1.82, 2.24) is 15.0 Å². The van der Waals surface area contributed by atoms with Crippen molar-refractivity contribution in [1.29, 1.82) is 0 Å². The molecule has 4 heterocycles. The minimum atomic E-state index is 0.697. The van der Waals surface area contributed by atoms with Gasteiger partial charge in [-0.2, -0.15) is 0 Å². The molecule has 0 saturated carbocycles. The Labute approximate surface area is 299 Å². The van der Waals surface area contributed by atoms with E-state index in [1.54, 1.807) is 22.7 Å². The van der Waals surface area contributed by atoms with Gasteiger partial charge in [-0.25, -0.2) is 15.0 Å². The number of fused-ring (bicyclic) bond motifs is 8. The monoisotopic (exact) mass is 687 g/mol. The lowest BCUT2D eigenvalue weighted by Gasteiger charge is -2.10. The lowest BCUT2D eigenvalue weighted by molar-refractivity contribution is 0.669. The van der Waals surface area contributed by atoms with Crippen LogP contribution in [0.15, 0.2) is 156 Å². The molecule has 11 aromatic rings. The molecular weight excluding hydrogens is 663 g/mol. The van der Waals surface area contributed by atoms with Crippen LogP contribution in [0.4, 0.5) is 0 Å². The third-order valence-electron chi connectivity index (χ3n) is 9.71. The van der Waals surface area contributed by atoms with E-state index in [1.807, 2.05) is 24.3 Å². The van der Waals surface area contributed by atoms with E-state index in [-0.39, 0.29) is 0 Å². The second kappa shape index (κ2) is 11.2. The van der Waals surface area contributed by atoms with Gasteiger partial charge in [0.15, 0.2) is 5.82 Å². The smallest absolute Gasteiger partial charge is 0.161 e. The highest BCUT2D eigenvalue weighted by atomic mass is 32.1. The molecule has 4 aromatic heterocycles. The van der Waals surface area contributed by atoms with Crippen molar-refractivity contribution in [3.8, 4) is 44.5 Å². The Hall–Kier alpha value is -6.21. The summed E-state index contributed by atoms with van der Waals surface area (Å²) in [6.45, 7) is 0. The fraction of sp³-hybridized carbons (Fsp3) is 0. The number of nitrogens with zero attached hydrogens (tertiary/aromatic N) is 3. The second-order valence-electron chi connectivity index (χ2n) is 12.8. The van der Waals surface area contributed by atoms with Gasteiger partial charge in [-0.15, -0.1) is 22.7 Å². The molecule has 0 aliphatic rings. The molecular formula is C45H25N3OS2. The van der Waals surface area contributed by atoms with Gasteiger partial charge in [0.05, 0.1) is 21.6 Å². The number of thiophene rings is 1. The summed E-state index contributed by atoms with van der Waals surface area (Å²) in [4.78, 5) is 15.6. The molecule has 0 aliphatic carbocycles. The highest BCUT2D eigenvalue weighted by Crippen LogP contribution is 2.43. The number of rotatable bonds is 4. The van der Waals surface area contributed by atoms with Gasteiger partial charge < -0.3 is 4.42 Å². The average molecular weight is 688 g/mol. The minimum absolute atomic E-state index is 0.697. The standard InChI is InChI=1S/C45H25N3OS2/c1-2-10-27(11-3-1)35-24-36(29-19-20-32-31-13-6-7-15-38(31)49-39(32)22-29)47-44(46-35)33-14-8-16-40-43(33)34-23-42-37(25-41(34)50-40)48-45(51-42)30-18-17-26-9-4-5-12-28(26)21-30/h1-25H. The Morgan fingerprint density at radius 2 is 1.22 bits per heavy atom. The lowest BCUT2D eigenvalue weighted by Crippen LogP contribution is -1.96. The molecule has 51 heavy (non-hydrogen) atoms. The molecule has 0 N–H and O–H groups in total. The van der Waals surface area contributed by atoms with E-state index in [0.29, 0.717) is 5.82 Å². The summed E-state index contributed by atoms with van der Waals surface area (Å²) >= 11 is 3.54. The van der Waals surface area contributed by atoms with Gasteiger partial charge in [-0.05, 0) is 59.3 Å². The van der Waals surface area contributed by atoms with Gasteiger partial charge >= 0.3 is 0 Å². The average Bonchev–Trinajstić information content (AvgIpc) is 3.89. The van der Waals surface area contributed by atoms with E-state index in [9.17, 15) is 0 Å². The maximum Gasteiger partial charge on any atom is 0.161 e. The largest absolute Gasteiger partial charge is 0.456 e. The van der Waals surface area contributed by atoms with Crippen molar-refractivity contribution in [2.45, 2.75) is 0 Å². The molecule has 0 spiro atoms. The normalized spacial score (nSPS) is 11.9. The van der Waals surface area contributed by atoms with Crippen LogP contribution in [0.5, 0.6) is 0 Å². The number of hydrogen-bond donors (Lipinski definition) is 0. The Bertz CT molecular complexity index is 3160. The van der Waals surface area contributed by atoms with Crippen LogP contribution in [0.2, 0.25) is 0 Å². The third-order valence-corrected chi connectivity index (χ3v) is 11.9. The van der Waals surface area contributed by atoms with Crippen molar-refractivity contribution in [3.63, 3.8) is 0 Å². The first-order chi connectivity index (χ1) is 25.2. The van der Waals surface area contributed by atoms with E-state index in [2.05, 4.69) is 127 Å². The summed E-state index contributed by atoms with van der Waals surface area (Å²) in [7, 11) is 0. The van der Waals surface area contributed by atoms with Crippen molar-refractivity contribution >= 4 is 85.8 Å². The van der Waals surface area contributed by atoms with E-state index in [1.165, 1.54) is 35.6 Å². The minimum Gasteiger partial charge on any atom is -0.456 e. The number of para-hydroxylation sites is 1. The topological polar surface area (TPSA) is 51.8 Å². The number of hydrogen-bond acceptors (Lipinski definition) is 6. The van der Waals surface area contributed by atoms with Crippen molar-refractivity contribution < 1.29 is 4.42 Å². The Kier molecular flexibility index (Phi) is 6.26. The van der Waals surface area contributed by atoms with Crippen molar-refractivity contribution in [2.75, 3.05) is 0 Å². The maximum absolute atomic E-state index is 6.28. The molecule has 238 valence electrons. The van der Waals surface area contributed by atoms with Crippen molar-refractivity contribution in [2.24, 2.45) is 0 Å². The zero-order valence-electron chi connectivity index (χ0n) is 27.0. The summed E-state index contributed by atoms with van der Waals surface area (Å²) in [6, 6.07) is 53.1. The maximum atomic E-state index is 6.28. The van der Waals surface area contributed by atoms with E-state index >= 15 is 0 Å². The van der Waals surface area contributed by atoms with Gasteiger partial charge in [-0.3, -0.25) is 0 Å². The lowest BCUT2D eigenvalue weighted by atomic mass is 10.0. The van der Waals surface area contributed by atoms with Gasteiger partial charge in [0.1, 0.15) is 16.2 Å². The molecule has 11 rings (SSSR count). The number of thiazole rings is 1. The first kappa shape index (κ1) is 28.6. The highest BCUT2D eigenvalue weighted by molar-refractivity contribution is 7.26. The summed E-state index contributed by atoms with van der Waals surface area (Å²) in [5.41, 5.74) is 8.66. The van der Waals surface area contributed by atoms with E-state index in [4.69, 9.17) is 19.4 Å². The Morgan fingerprint density at radius 3 is 2.14 bits per heavy atom. The molecule has 0 saturated heterocycles. The predicted octanol–water partition coefficient (Wildman–Crippen LogP) is 13.2. The van der Waals surface area contributed by atoms with Crippen LogP contribution in [0, 0.1) is 0 Å². The van der Waals surface area contributed by atoms with Gasteiger partial charge in [-0.1, -0.05) is 103 Å². The molecule has 4 nitrogen and oxygen atoms in total. The van der Waals surface area contributed by atoms with E-state index in [0.717, 1.165) is 66.1 Å². The number of benzene rings is 7. The van der Waals surface area contributed by atoms with Crippen LogP contribution in [0.3, 0.4) is 0 Å². The first-order valence-corrected chi connectivity index (χ1v) is 18.5. The number of aromatic nitrogens is 3. The highest BCUT2D eigenvalue weighted by Gasteiger charge is 2.18. The van der Waals surface area contributed by atoms with Crippen LogP contribution in [0.1, 0.15) is 0 Å². The summed E-state index contributed by atoms with van der Waals surface area (Å²) in [5.74, 6) is 0.697. The molecule has 0 unspecified atom stereocenters. The summed E-state index contributed by atoms with van der Waals surface area (Å²) < 4.78 is 9.85. The molecule has 0 radical (unpaired) electrons. The Balaban J connectivity index is 1.09. The third kappa shape index (κ3) is 4.68. The van der Waals surface area contributed by atoms with Crippen LogP contribution in [-0.4, -0.2) is 15.0 Å². The second-order valence-corrected chi connectivity index (χ2v) is 14.9. The van der Waals surface area contributed by atoms with Crippen LogP contribution < -0.4 is 0 Å². The SMILES string of the molecule is c1ccc(-c2cc(-c3ccc4c(c3)oc3ccccc34)nc(-c3cccc4sc5cc6nc(-c7ccc8ccccc8c7)sc6cc5c34)n2)cc1. The zero-order valence-corrected chi connectivity index (χ0v) is 28.6. The number of furan rings is 1. The van der Waals surface area contributed by atoms with Crippen molar-refractivity contribution in [3.05, 3.63) is 152 Å². The first-order valence-electron chi connectivity index (χ1n) is 16.8. The fourth-order valence-corrected chi connectivity index (χ4v) is 9.37. The molecule has 0 amide bonds. The molecule has 0 aliphatic heterocycles. The molecule has 7 aromatic carbocycles. The van der Waals surface area contributed by atoms with Gasteiger partial charge in [0, 0.05) is 53.2 Å². The van der Waals surface area contributed by atoms with Crippen LogP contribution >= 0.6 is 22.7 Å². The predicted molar refractivity (Wildman–Crippen MR) is 215 cm³/mol. The summed E-state index contributed by atoms with van der Waals surface area (Å²) in [6.07, 6.45) is 0. The molecule has 0 atom stereocenters. The fourth-order valence-electron chi connectivity index (χ4n) is 7.24. The quantitative estimate of drug-likeness (QED) is 0.185. The Morgan fingerprint density at radius 1 is 0.431 bits per heavy atom. The van der Waals surface area contributed by atoms with E-state index < -0.39 is 0 Å². The molecule has 6 heteroatoms. The zero-order chi connectivity index (χ0) is 33.5. The van der Waals surface area contributed by atoms with Crippen LogP contribution in [-0.2, 0) is 0 Å². The van der Waals surface area contributed by atoms with Crippen LogP contribution in [0.25, 0.3) is 108 Å². The van der Waals surface area contributed by atoms with Gasteiger partial charge in [0.2, 0.25) is 0 Å². The van der Waals surface area contributed by atoms with Gasteiger partial charge in [0.25, 0.3) is 0 Å². The summed E-state index contributed by atoms with van der Waals surface area (Å²) in [5, 5.41) is 8.07.